The van der Waals surface area contributed by atoms with Crippen LogP contribution in [0.2, 0.25) is 0 Å². The zero-order valence-electron chi connectivity index (χ0n) is 15.2. The highest BCUT2D eigenvalue weighted by Crippen LogP contribution is 2.43. The van der Waals surface area contributed by atoms with E-state index in [1.54, 1.807) is 14.2 Å². The molecule has 4 heteroatoms. The van der Waals surface area contributed by atoms with Gasteiger partial charge in [-0.05, 0) is 38.2 Å². The molecule has 3 rings (SSSR count). The van der Waals surface area contributed by atoms with Crippen molar-refractivity contribution in [1.29, 1.82) is 0 Å². The third kappa shape index (κ3) is 3.83. The molecule has 0 aromatic heterocycles. The lowest BCUT2D eigenvalue weighted by Gasteiger charge is -2.53. The van der Waals surface area contributed by atoms with Crippen LogP contribution in [0.1, 0.15) is 51.0 Å². The zero-order valence-corrected chi connectivity index (χ0v) is 15.2. The molecule has 0 amide bonds. The molecule has 2 aliphatic rings. The molecule has 2 fully saturated rings. The Morgan fingerprint density at radius 2 is 1.71 bits per heavy atom. The van der Waals surface area contributed by atoms with Gasteiger partial charge in [0, 0.05) is 39.3 Å². The van der Waals surface area contributed by atoms with E-state index in [1.165, 1.54) is 24.8 Å². The fraction of sp³-hybridized carbons (Fsp3) is 0.700. The van der Waals surface area contributed by atoms with Gasteiger partial charge in [0.25, 0.3) is 0 Å². The van der Waals surface area contributed by atoms with Crippen LogP contribution in [0.5, 0.6) is 0 Å². The van der Waals surface area contributed by atoms with Crippen LogP contribution in [0, 0.1) is 0 Å². The summed E-state index contributed by atoms with van der Waals surface area (Å²) in [4.78, 5) is 2.62. The lowest BCUT2D eigenvalue weighted by atomic mass is 9.72. The number of rotatable bonds is 6. The van der Waals surface area contributed by atoms with Crippen LogP contribution < -0.4 is 0 Å². The summed E-state index contributed by atoms with van der Waals surface area (Å²) in [6, 6.07) is 11.6. The van der Waals surface area contributed by atoms with Gasteiger partial charge in [-0.15, -0.1) is 0 Å². The number of aliphatic hydroxyl groups is 1. The number of piperidine rings is 2. The van der Waals surface area contributed by atoms with Crippen LogP contribution in [0.3, 0.4) is 0 Å². The predicted molar refractivity (Wildman–Crippen MR) is 94.6 cm³/mol. The summed E-state index contributed by atoms with van der Waals surface area (Å²) in [7, 11) is 3.30. The molecule has 2 heterocycles. The number of benzene rings is 1. The molecule has 2 atom stereocenters. The van der Waals surface area contributed by atoms with E-state index in [1.807, 2.05) is 6.92 Å². The Hall–Kier alpha value is -0.940. The third-order valence-electron chi connectivity index (χ3n) is 5.97. The molecule has 1 N–H and O–H groups in total. The maximum absolute atomic E-state index is 11.3. The molecule has 2 unspecified atom stereocenters. The Kier molecular flexibility index (Phi) is 5.30. The normalized spacial score (nSPS) is 31.2. The highest BCUT2D eigenvalue weighted by atomic mass is 16.7. The standard InChI is InChI=1S/C20H31NO3/c1-19(23-2,24-3)15-20(22)12-17-10-7-11-18(13-20)21(17)14-16-8-5-4-6-9-16/h4-6,8-9,17-18,22H,7,10-15H2,1-3H3. The summed E-state index contributed by atoms with van der Waals surface area (Å²) in [5.41, 5.74) is 0.655. The van der Waals surface area contributed by atoms with Crippen molar-refractivity contribution >= 4 is 0 Å². The van der Waals surface area contributed by atoms with Crippen LogP contribution in [-0.2, 0) is 16.0 Å². The molecular formula is C20H31NO3. The average molecular weight is 333 g/mol. The summed E-state index contributed by atoms with van der Waals surface area (Å²) in [5, 5.41) is 11.3. The van der Waals surface area contributed by atoms with Crippen molar-refractivity contribution in [3.63, 3.8) is 0 Å². The molecule has 1 aromatic carbocycles. The summed E-state index contributed by atoms with van der Waals surface area (Å²) in [6.07, 6.45) is 5.74. The van der Waals surface area contributed by atoms with Crippen molar-refractivity contribution < 1.29 is 14.6 Å². The molecule has 2 saturated heterocycles. The number of nitrogens with zero attached hydrogens (tertiary/aromatic N) is 1. The topological polar surface area (TPSA) is 41.9 Å². The Morgan fingerprint density at radius 3 is 2.25 bits per heavy atom. The van der Waals surface area contributed by atoms with Crippen molar-refractivity contribution in [2.45, 2.75) is 75.5 Å². The number of fused-ring (bicyclic) bond motifs is 2. The largest absolute Gasteiger partial charge is 0.390 e. The first kappa shape index (κ1) is 17.9. The Labute approximate surface area is 145 Å². The van der Waals surface area contributed by atoms with Gasteiger partial charge in [0.15, 0.2) is 5.79 Å². The first-order valence-corrected chi connectivity index (χ1v) is 9.09. The number of methoxy groups -OCH3 is 2. The molecule has 24 heavy (non-hydrogen) atoms. The number of hydrogen-bond acceptors (Lipinski definition) is 4. The highest BCUT2D eigenvalue weighted by molar-refractivity contribution is 5.15. The minimum absolute atomic E-state index is 0.445. The number of hydrogen-bond donors (Lipinski definition) is 1. The number of ether oxygens (including phenoxy) is 2. The van der Waals surface area contributed by atoms with Crippen LogP contribution in [-0.4, -0.2) is 47.7 Å². The van der Waals surface area contributed by atoms with Gasteiger partial charge < -0.3 is 14.6 Å². The Morgan fingerprint density at radius 1 is 1.12 bits per heavy atom. The molecule has 0 saturated carbocycles. The third-order valence-corrected chi connectivity index (χ3v) is 5.97. The highest BCUT2D eigenvalue weighted by Gasteiger charge is 2.48. The monoisotopic (exact) mass is 333 g/mol. The first-order valence-electron chi connectivity index (χ1n) is 9.09. The van der Waals surface area contributed by atoms with Gasteiger partial charge in [0.05, 0.1) is 5.60 Å². The van der Waals surface area contributed by atoms with Gasteiger partial charge >= 0.3 is 0 Å². The van der Waals surface area contributed by atoms with E-state index in [0.717, 1.165) is 19.4 Å². The fourth-order valence-corrected chi connectivity index (χ4v) is 4.64. The lowest BCUT2D eigenvalue weighted by Crippen LogP contribution is -2.59. The van der Waals surface area contributed by atoms with E-state index < -0.39 is 11.4 Å². The average Bonchev–Trinajstić information content (AvgIpc) is 2.57. The minimum Gasteiger partial charge on any atom is -0.390 e. The molecule has 134 valence electrons. The quantitative estimate of drug-likeness (QED) is 0.811. The van der Waals surface area contributed by atoms with Gasteiger partial charge in [-0.3, -0.25) is 4.90 Å². The SMILES string of the molecule is COC(C)(CC1(O)CC2CCCC(C1)N2Cc1ccccc1)OC. The van der Waals surface area contributed by atoms with Gasteiger partial charge in [0.1, 0.15) is 0 Å². The zero-order chi connectivity index (χ0) is 17.2. The van der Waals surface area contributed by atoms with Gasteiger partial charge in [-0.1, -0.05) is 36.8 Å². The maximum atomic E-state index is 11.3. The van der Waals surface area contributed by atoms with E-state index >= 15 is 0 Å². The van der Waals surface area contributed by atoms with E-state index in [0.29, 0.717) is 18.5 Å². The summed E-state index contributed by atoms with van der Waals surface area (Å²) >= 11 is 0. The van der Waals surface area contributed by atoms with E-state index in [2.05, 4.69) is 35.2 Å². The van der Waals surface area contributed by atoms with Crippen molar-refractivity contribution in [3.8, 4) is 0 Å². The van der Waals surface area contributed by atoms with Crippen LogP contribution in [0.15, 0.2) is 30.3 Å². The van der Waals surface area contributed by atoms with Gasteiger partial charge in [-0.2, -0.15) is 0 Å². The minimum atomic E-state index is -0.718. The van der Waals surface area contributed by atoms with Crippen molar-refractivity contribution in [1.82, 2.24) is 4.90 Å². The van der Waals surface area contributed by atoms with Gasteiger partial charge in [-0.25, -0.2) is 0 Å². The lowest BCUT2D eigenvalue weighted by molar-refractivity contribution is -0.235. The molecule has 2 bridgehead atoms. The molecule has 0 aliphatic carbocycles. The molecule has 1 aromatic rings. The van der Waals surface area contributed by atoms with Crippen molar-refractivity contribution in [3.05, 3.63) is 35.9 Å². The second kappa shape index (κ2) is 7.12. The molecule has 0 spiro atoms. The van der Waals surface area contributed by atoms with E-state index in [9.17, 15) is 5.11 Å². The maximum Gasteiger partial charge on any atom is 0.167 e. The van der Waals surface area contributed by atoms with Crippen molar-refractivity contribution in [2.75, 3.05) is 14.2 Å². The second-order valence-corrected chi connectivity index (χ2v) is 7.75. The molecule has 0 radical (unpaired) electrons. The second-order valence-electron chi connectivity index (χ2n) is 7.75. The van der Waals surface area contributed by atoms with E-state index in [-0.39, 0.29) is 0 Å². The Balaban J connectivity index is 1.73. The smallest absolute Gasteiger partial charge is 0.167 e. The molecule has 2 aliphatic heterocycles. The van der Waals surface area contributed by atoms with Crippen molar-refractivity contribution in [2.24, 2.45) is 0 Å². The summed E-state index contributed by atoms with van der Waals surface area (Å²) in [5.74, 6) is -0.718. The molecular weight excluding hydrogens is 302 g/mol. The fourth-order valence-electron chi connectivity index (χ4n) is 4.64. The van der Waals surface area contributed by atoms with Crippen LogP contribution in [0.25, 0.3) is 0 Å². The summed E-state index contributed by atoms with van der Waals surface area (Å²) in [6.45, 7) is 2.90. The van der Waals surface area contributed by atoms with E-state index in [4.69, 9.17) is 9.47 Å². The van der Waals surface area contributed by atoms with Crippen LogP contribution >= 0.6 is 0 Å². The van der Waals surface area contributed by atoms with Crippen LogP contribution in [0.4, 0.5) is 0 Å². The first-order chi connectivity index (χ1) is 11.5. The Bertz CT molecular complexity index is 515. The summed E-state index contributed by atoms with van der Waals surface area (Å²) < 4.78 is 11.0. The molecule has 4 nitrogen and oxygen atoms in total. The predicted octanol–water partition coefficient (Wildman–Crippen LogP) is 3.33. The van der Waals surface area contributed by atoms with Gasteiger partial charge in [0.2, 0.25) is 0 Å².